The van der Waals surface area contributed by atoms with Crippen LogP contribution in [0.4, 0.5) is 9.18 Å². The molecule has 0 aliphatic carbocycles. The zero-order chi connectivity index (χ0) is 18.7. The number of nitrogens with zero attached hydrogens (tertiary/aromatic N) is 3. The van der Waals surface area contributed by atoms with E-state index in [1.165, 1.54) is 11.6 Å². The first-order valence-electron chi connectivity index (χ1n) is 9.21. The second kappa shape index (κ2) is 7.89. The molecule has 1 aliphatic rings. The van der Waals surface area contributed by atoms with E-state index in [0.717, 1.165) is 43.5 Å². The molecule has 1 unspecified atom stereocenters. The van der Waals surface area contributed by atoms with Crippen LogP contribution >= 0.6 is 0 Å². The zero-order valence-electron chi connectivity index (χ0n) is 15.7. The van der Waals surface area contributed by atoms with E-state index >= 15 is 0 Å². The maximum atomic E-state index is 13.3. The van der Waals surface area contributed by atoms with Crippen molar-refractivity contribution >= 4 is 6.03 Å². The van der Waals surface area contributed by atoms with E-state index in [2.05, 4.69) is 10.4 Å². The molecule has 0 radical (unpaired) electrons. The highest BCUT2D eigenvalue weighted by Crippen LogP contribution is 2.30. The van der Waals surface area contributed by atoms with E-state index in [0.29, 0.717) is 5.92 Å². The Bertz CT molecular complexity index is 765. The van der Waals surface area contributed by atoms with E-state index in [-0.39, 0.29) is 17.9 Å². The van der Waals surface area contributed by atoms with Crippen molar-refractivity contribution in [2.75, 3.05) is 13.1 Å². The van der Waals surface area contributed by atoms with E-state index in [9.17, 15) is 9.18 Å². The Kier molecular flexibility index (Phi) is 5.59. The lowest BCUT2D eigenvalue weighted by atomic mass is 9.87. The maximum Gasteiger partial charge on any atom is 0.317 e. The largest absolute Gasteiger partial charge is 0.335 e. The summed E-state index contributed by atoms with van der Waals surface area (Å²) < 4.78 is 15.1. The number of carbonyl (C=O) groups is 1. The number of carbonyl (C=O) groups excluding carboxylic acids is 1. The fourth-order valence-electron chi connectivity index (χ4n) is 3.77. The second-order valence-corrected chi connectivity index (χ2v) is 7.34. The predicted octanol–water partition coefficient (Wildman–Crippen LogP) is 3.39. The number of halogens is 1. The Hall–Kier alpha value is -2.37. The summed E-state index contributed by atoms with van der Waals surface area (Å²) in [6.45, 7) is 5.43. The fraction of sp³-hybridized carbons (Fsp3) is 0.500. The zero-order valence-corrected chi connectivity index (χ0v) is 15.7. The number of piperidine rings is 1. The SMILES string of the molecule is Cc1cc(F)ccc1C1CCN(C(=O)NC(C)Cc2cnn(C)c2)CC1. The molecule has 1 atom stereocenters. The molecule has 1 aromatic carbocycles. The van der Waals surface area contributed by atoms with Gasteiger partial charge in [0.2, 0.25) is 0 Å². The summed E-state index contributed by atoms with van der Waals surface area (Å²) in [5.74, 6) is 0.207. The van der Waals surface area contributed by atoms with Crippen LogP contribution in [0.3, 0.4) is 0 Å². The third kappa shape index (κ3) is 4.42. The number of benzene rings is 1. The number of hydrogen-bond donors (Lipinski definition) is 1. The topological polar surface area (TPSA) is 50.2 Å². The van der Waals surface area contributed by atoms with Gasteiger partial charge in [0.25, 0.3) is 0 Å². The van der Waals surface area contributed by atoms with Gasteiger partial charge < -0.3 is 10.2 Å². The molecule has 1 N–H and O–H groups in total. The molecule has 26 heavy (non-hydrogen) atoms. The average molecular weight is 358 g/mol. The predicted molar refractivity (Wildman–Crippen MR) is 99.6 cm³/mol. The number of amides is 2. The molecule has 1 aliphatic heterocycles. The highest BCUT2D eigenvalue weighted by Gasteiger charge is 2.25. The van der Waals surface area contributed by atoms with Crippen molar-refractivity contribution < 1.29 is 9.18 Å². The lowest BCUT2D eigenvalue weighted by molar-refractivity contribution is 0.178. The molecule has 1 saturated heterocycles. The van der Waals surface area contributed by atoms with Gasteiger partial charge in [0.05, 0.1) is 6.20 Å². The summed E-state index contributed by atoms with van der Waals surface area (Å²) in [5, 5.41) is 7.24. The van der Waals surface area contributed by atoms with Gasteiger partial charge in [0.1, 0.15) is 5.82 Å². The monoisotopic (exact) mass is 358 g/mol. The number of rotatable bonds is 4. The summed E-state index contributed by atoms with van der Waals surface area (Å²) in [6.07, 6.45) is 6.40. The van der Waals surface area contributed by atoms with Gasteiger partial charge >= 0.3 is 6.03 Å². The third-order valence-electron chi connectivity index (χ3n) is 5.12. The van der Waals surface area contributed by atoms with Crippen LogP contribution in [0.25, 0.3) is 0 Å². The Morgan fingerprint density at radius 3 is 2.73 bits per heavy atom. The van der Waals surface area contributed by atoms with Gasteiger partial charge in [0, 0.05) is 32.4 Å². The van der Waals surface area contributed by atoms with Crippen LogP contribution in [-0.2, 0) is 13.5 Å². The van der Waals surface area contributed by atoms with Crippen molar-refractivity contribution in [1.29, 1.82) is 0 Å². The Morgan fingerprint density at radius 1 is 1.38 bits per heavy atom. The van der Waals surface area contributed by atoms with Gasteiger partial charge in [-0.2, -0.15) is 5.10 Å². The number of nitrogens with one attached hydrogen (secondary N) is 1. The van der Waals surface area contributed by atoms with Crippen LogP contribution in [0, 0.1) is 12.7 Å². The number of urea groups is 1. The number of aromatic nitrogens is 2. The highest BCUT2D eigenvalue weighted by atomic mass is 19.1. The molecule has 0 bridgehead atoms. The van der Waals surface area contributed by atoms with Crippen LogP contribution in [0.5, 0.6) is 0 Å². The minimum atomic E-state index is -0.189. The Labute approximate surface area is 154 Å². The molecule has 3 rings (SSSR count). The smallest absolute Gasteiger partial charge is 0.317 e. The molecule has 5 nitrogen and oxygen atoms in total. The Balaban J connectivity index is 1.50. The number of aryl methyl sites for hydroxylation is 2. The van der Waals surface area contributed by atoms with Gasteiger partial charge in [0.15, 0.2) is 0 Å². The van der Waals surface area contributed by atoms with Gasteiger partial charge in [-0.3, -0.25) is 4.68 Å². The fourth-order valence-corrected chi connectivity index (χ4v) is 3.77. The molecule has 0 saturated carbocycles. The Morgan fingerprint density at radius 2 is 2.12 bits per heavy atom. The quantitative estimate of drug-likeness (QED) is 0.911. The minimum absolute atomic E-state index is 0.00401. The van der Waals surface area contributed by atoms with Crippen molar-refractivity contribution in [2.24, 2.45) is 7.05 Å². The van der Waals surface area contributed by atoms with Crippen molar-refractivity contribution in [3.8, 4) is 0 Å². The first-order chi connectivity index (χ1) is 12.4. The van der Waals surface area contributed by atoms with Gasteiger partial charge in [-0.15, -0.1) is 0 Å². The molecule has 2 amide bonds. The van der Waals surface area contributed by atoms with E-state index in [1.54, 1.807) is 10.7 Å². The summed E-state index contributed by atoms with van der Waals surface area (Å²) in [7, 11) is 1.89. The average Bonchev–Trinajstić information content (AvgIpc) is 2.99. The third-order valence-corrected chi connectivity index (χ3v) is 5.12. The molecule has 6 heteroatoms. The first kappa shape index (κ1) is 18.4. The lowest BCUT2D eigenvalue weighted by Gasteiger charge is -2.33. The van der Waals surface area contributed by atoms with Crippen molar-refractivity contribution in [3.63, 3.8) is 0 Å². The molecular weight excluding hydrogens is 331 g/mol. The van der Waals surface area contributed by atoms with Crippen molar-refractivity contribution in [1.82, 2.24) is 20.0 Å². The molecule has 1 aromatic heterocycles. The van der Waals surface area contributed by atoms with E-state index in [4.69, 9.17) is 0 Å². The summed E-state index contributed by atoms with van der Waals surface area (Å²) in [5.41, 5.74) is 3.32. The summed E-state index contributed by atoms with van der Waals surface area (Å²) >= 11 is 0. The standard InChI is InChI=1S/C20H27FN4O/c1-14-10-18(21)4-5-19(14)17-6-8-25(9-7-17)20(26)23-15(2)11-16-12-22-24(3)13-16/h4-5,10,12-13,15,17H,6-9,11H2,1-3H3,(H,23,26). The van der Waals surface area contributed by atoms with Gasteiger partial charge in [-0.05, 0) is 67.9 Å². The molecule has 2 aromatic rings. The van der Waals surface area contributed by atoms with Crippen molar-refractivity contribution in [3.05, 3.63) is 53.1 Å². The molecular formula is C20H27FN4O. The van der Waals surface area contributed by atoms with Crippen LogP contribution in [0.15, 0.2) is 30.6 Å². The first-order valence-corrected chi connectivity index (χ1v) is 9.21. The molecule has 1 fully saturated rings. The highest BCUT2D eigenvalue weighted by molar-refractivity contribution is 5.74. The number of hydrogen-bond acceptors (Lipinski definition) is 2. The van der Waals surface area contributed by atoms with Crippen molar-refractivity contribution in [2.45, 2.75) is 45.1 Å². The minimum Gasteiger partial charge on any atom is -0.335 e. The van der Waals surface area contributed by atoms with Gasteiger partial charge in [-0.1, -0.05) is 6.07 Å². The molecule has 0 spiro atoms. The van der Waals surface area contributed by atoms with E-state index in [1.807, 2.05) is 44.3 Å². The van der Waals surface area contributed by atoms with E-state index < -0.39 is 0 Å². The second-order valence-electron chi connectivity index (χ2n) is 7.34. The van der Waals surface area contributed by atoms with Crippen LogP contribution < -0.4 is 5.32 Å². The van der Waals surface area contributed by atoms with Crippen LogP contribution in [0.2, 0.25) is 0 Å². The number of likely N-dealkylation sites (tertiary alicyclic amines) is 1. The van der Waals surface area contributed by atoms with Crippen LogP contribution in [0.1, 0.15) is 42.4 Å². The molecule has 2 heterocycles. The summed E-state index contributed by atoms with van der Waals surface area (Å²) in [6, 6.07) is 5.07. The lowest BCUT2D eigenvalue weighted by Crippen LogP contribution is -2.47. The molecule has 140 valence electrons. The maximum absolute atomic E-state index is 13.3. The van der Waals surface area contributed by atoms with Crippen LogP contribution in [-0.4, -0.2) is 39.8 Å². The normalized spacial score (nSPS) is 16.5. The summed E-state index contributed by atoms with van der Waals surface area (Å²) in [4.78, 5) is 14.4. The van der Waals surface area contributed by atoms with Gasteiger partial charge in [-0.25, -0.2) is 9.18 Å².